The summed E-state index contributed by atoms with van der Waals surface area (Å²) >= 11 is 0. The average Bonchev–Trinajstić information content (AvgIpc) is 2.93. The van der Waals surface area contributed by atoms with Gasteiger partial charge >= 0.3 is 6.09 Å². The molecule has 2 unspecified atom stereocenters. The number of hydrogen-bond acceptors (Lipinski definition) is 4. The van der Waals surface area contributed by atoms with Gasteiger partial charge in [-0.15, -0.1) is 0 Å². The first-order valence-corrected chi connectivity index (χ1v) is 15.7. The summed E-state index contributed by atoms with van der Waals surface area (Å²) in [5, 5.41) is 5.92. The summed E-state index contributed by atoms with van der Waals surface area (Å²) in [5.74, 6) is -0.500. The highest BCUT2D eigenvalue weighted by Crippen LogP contribution is 2.25. The van der Waals surface area contributed by atoms with Crippen LogP contribution >= 0.6 is 0 Å². The van der Waals surface area contributed by atoms with Gasteiger partial charge in [-0.1, -0.05) is 113 Å². The molecule has 0 aliphatic heterocycles. The lowest BCUT2D eigenvalue weighted by atomic mass is 9.98. The average molecular weight is 580 g/mol. The molecule has 0 aliphatic carbocycles. The molecule has 2 N–H and O–H groups in total. The molecule has 0 saturated carbocycles. The second-order valence-corrected chi connectivity index (χ2v) is 12.1. The third kappa shape index (κ3) is 12.7. The topological polar surface area (TPSA) is 87.7 Å². The zero-order valence-electron chi connectivity index (χ0n) is 26.7. The molecule has 232 valence electrons. The van der Waals surface area contributed by atoms with Crippen molar-refractivity contribution in [1.82, 2.24) is 15.5 Å². The Balaban J connectivity index is 2.49. The maximum atomic E-state index is 14.5. The summed E-state index contributed by atoms with van der Waals surface area (Å²) in [5.41, 5.74) is 1.97. The van der Waals surface area contributed by atoms with Gasteiger partial charge in [0, 0.05) is 19.5 Å². The van der Waals surface area contributed by atoms with Crippen LogP contribution in [0, 0.1) is 6.92 Å². The molecular weight excluding hydrogens is 526 g/mol. The number of nitrogens with one attached hydrogen (secondary N) is 2. The second kappa shape index (κ2) is 18.2. The number of carbonyl (C=O) groups is 3. The summed E-state index contributed by atoms with van der Waals surface area (Å²) < 4.78 is 5.55. The van der Waals surface area contributed by atoms with Gasteiger partial charge < -0.3 is 20.3 Å². The zero-order chi connectivity index (χ0) is 31.0. The van der Waals surface area contributed by atoms with Crippen LogP contribution in [-0.4, -0.2) is 47.5 Å². The summed E-state index contributed by atoms with van der Waals surface area (Å²) in [7, 11) is 0. The van der Waals surface area contributed by atoms with Gasteiger partial charge in [-0.05, 0) is 51.7 Å². The molecule has 42 heavy (non-hydrogen) atoms. The molecule has 2 aromatic carbocycles. The third-order valence-electron chi connectivity index (χ3n) is 7.05. The largest absolute Gasteiger partial charge is 0.444 e. The van der Waals surface area contributed by atoms with Crippen LogP contribution in [0.1, 0.15) is 109 Å². The molecule has 2 aromatic rings. The predicted octanol–water partition coefficient (Wildman–Crippen LogP) is 7.28. The number of carbonyl (C=O) groups excluding carboxylic acids is 3. The molecule has 0 heterocycles. The number of ether oxygens (including phenoxy) is 1. The highest BCUT2D eigenvalue weighted by molar-refractivity contribution is 5.92. The Morgan fingerprint density at radius 3 is 2.17 bits per heavy atom. The Bertz CT molecular complexity index is 1100. The Morgan fingerprint density at radius 1 is 0.857 bits per heavy atom. The van der Waals surface area contributed by atoms with E-state index in [9.17, 15) is 14.4 Å². The predicted molar refractivity (Wildman–Crippen MR) is 170 cm³/mol. The molecule has 0 aliphatic rings. The third-order valence-corrected chi connectivity index (χ3v) is 7.05. The lowest BCUT2D eigenvalue weighted by Crippen LogP contribution is -2.54. The smallest absolute Gasteiger partial charge is 0.408 e. The monoisotopic (exact) mass is 579 g/mol. The van der Waals surface area contributed by atoms with Crippen LogP contribution in [0.2, 0.25) is 0 Å². The van der Waals surface area contributed by atoms with Crippen LogP contribution in [0.25, 0.3) is 0 Å². The molecule has 0 radical (unpaired) electrons. The van der Waals surface area contributed by atoms with Gasteiger partial charge in [0.1, 0.15) is 17.7 Å². The Labute approximate surface area is 253 Å². The number of unbranched alkanes of at least 4 members (excludes halogenated alkanes) is 6. The molecule has 0 spiro atoms. The quantitative estimate of drug-likeness (QED) is 0.193. The number of amides is 3. The SMILES string of the molecule is CCCCCCCCN(C(=O)C(Cc1ccccc1)NC(=O)OC(C)(C)C)C(C(=O)NCCCC)c1cccc(C)c1. The van der Waals surface area contributed by atoms with Crippen LogP contribution in [-0.2, 0) is 20.7 Å². The van der Waals surface area contributed by atoms with Crippen molar-refractivity contribution in [2.45, 2.75) is 117 Å². The number of nitrogens with zero attached hydrogens (tertiary/aromatic N) is 1. The summed E-state index contributed by atoms with van der Waals surface area (Å²) in [6, 6.07) is 15.7. The van der Waals surface area contributed by atoms with Crippen molar-refractivity contribution in [3.8, 4) is 0 Å². The molecule has 0 fully saturated rings. The molecular formula is C35H53N3O4. The fourth-order valence-corrected chi connectivity index (χ4v) is 4.93. The summed E-state index contributed by atoms with van der Waals surface area (Å²) in [6.45, 7) is 12.6. The second-order valence-electron chi connectivity index (χ2n) is 12.1. The number of alkyl carbamates (subject to hydrolysis) is 1. The molecule has 7 nitrogen and oxygen atoms in total. The van der Waals surface area contributed by atoms with E-state index in [1.165, 1.54) is 6.42 Å². The lowest BCUT2D eigenvalue weighted by molar-refractivity contribution is -0.142. The first-order valence-electron chi connectivity index (χ1n) is 15.7. The van der Waals surface area contributed by atoms with Crippen molar-refractivity contribution in [1.29, 1.82) is 0 Å². The van der Waals surface area contributed by atoms with E-state index in [4.69, 9.17) is 4.74 Å². The van der Waals surface area contributed by atoms with Crippen LogP contribution in [0.3, 0.4) is 0 Å². The van der Waals surface area contributed by atoms with E-state index < -0.39 is 23.8 Å². The summed E-state index contributed by atoms with van der Waals surface area (Å²) in [6.07, 6.45) is 7.75. The van der Waals surface area contributed by atoms with Crippen LogP contribution in [0.15, 0.2) is 54.6 Å². The maximum Gasteiger partial charge on any atom is 0.408 e. The van der Waals surface area contributed by atoms with Crippen molar-refractivity contribution in [2.24, 2.45) is 0 Å². The Hall–Kier alpha value is -3.35. The van der Waals surface area contributed by atoms with Crippen molar-refractivity contribution < 1.29 is 19.1 Å². The highest BCUT2D eigenvalue weighted by atomic mass is 16.6. The fraction of sp³-hybridized carbons (Fsp3) is 0.571. The minimum atomic E-state index is -0.905. The molecule has 0 bridgehead atoms. The van der Waals surface area contributed by atoms with Gasteiger partial charge in [-0.3, -0.25) is 9.59 Å². The molecule has 7 heteroatoms. The van der Waals surface area contributed by atoms with Gasteiger partial charge in [0.15, 0.2) is 0 Å². The summed E-state index contributed by atoms with van der Waals surface area (Å²) in [4.78, 5) is 43.0. The Morgan fingerprint density at radius 2 is 1.52 bits per heavy atom. The van der Waals surface area contributed by atoms with E-state index in [1.54, 1.807) is 25.7 Å². The van der Waals surface area contributed by atoms with E-state index >= 15 is 0 Å². The standard InChI is InChI=1S/C35H53N3O4/c1-7-9-11-12-13-17-24-38(31(32(39)36-23-10-8-2)29-22-18-19-27(3)25-29)33(40)30(26-28-20-15-14-16-21-28)37-34(41)42-35(4,5)6/h14-16,18-22,25,30-31H,7-13,17,23-24,26H2,1-6H3,(H,36,39)(H,37,41). The zero-order valence-corrected chi connectivity index (χ0v) is 26.7. The van der Waals surface area contributed by atoms with Gasteiger partial charge in [-0.25, -0.2) is 4.79 Å². The van der Waals surface area contributed by atoms with E-state index in [1.807, 2.05) is 61.5 Å². The number of benzene rings is 2. The van der Waals surface area contributed by atoms with Crippen LogP contribution in [0.5, 0.6) is 0 Å². The van der Waals surface area contributed by atoms with E-state index in [0.717, 1.165) is 61.6 Å². The van der Waals surface area contributed by atoms with Gasteiger partial charge in [0.25, 0.3) is 0 Å². The fourth-order valence-electron chi connectivity index (χ4n) is 4.93. The van der Waals surface area contributed by atoms with Crippen molar-refractivity contribution in [2.75, 3.05) is 13.1 Å². The minimum Gasteiger partial charge on any atom is -0.444 e. The molecule has 2 atom stereocenters. The number of aryl methyl sites for hydroxylation is 1. The number of hydrogen-bond donors (Lipinski definition) is 2. The van der Waals surface area contributed by atoms with Crippen LogP contribution < -0.4 is 10.6 Å². The minimum absolute atomic E-state index is 0.205. The maximum absolute atomic E-state index is 14.5. The van der Waals surface area contributed by atoms with Gasteiger partial charge in [0.05, 0.1) is 0 Å². The lowest BCUT2D eigenvalue weighted by Gasteiger charge is -2.35. The van der Waals surface area contributed by atoms with E-state index in [2.05, 4.69) is 24.5 Å². The van der Waals surface area contributed by atoms with Crippen molar-refractivity contribution in [3.63, 3.8) is 0 Å². The van der Waals surface area contributed by atoms with Gasteiger partial charge in [0.2, 0.25) is 11.8 Å². The van der Waals surface area contributed by atoms with Crippen LogP contribution in [0.4, 0.5) is 4.79 Å². The van der Waals surface area contributed by atoms with E-state index in [-0.39, 0.29) is 18.2 Å². The van der Waals surface area contributed by atoms with E-state index in [0.29, 0.717) is 13.1 Å². The first kappa shape index (κ1) is 34.8. The molecule has 0 saturated heterocycles. The van der Waals surface area contributed by atoms with Crippen molar-refractivity contribution in [3.05, 3.63) is 71.3 Å². The molecule has 0 aromatic heterocycles. The van der Waals surface area contributed by atoms with Gasteiger partial charge in [-0.2, -0.15) is 0 Å². The Kier molecular flexibility index (Phi) is 15.1. The normalized spacial score (nSPS) is 12.7. The molecule has 3 amide bonds. The highest BCUT2D eigenvalue weighted by Gasteiger charge is 2.36. The number of rotatable bonds is 17. The molecule has 2 rings (SSSR count). The van der Waals surface area contributed by atoms with Crippen molar-refractivity contribution >= 4 is 17.9 Å². The first-order chi connectivity index (χ1) is 20.1.